The van der Waals surface area contributed by atoms with E-state index in [9.17, 15) is 43.2 Å². The predicted molar refractivity (Wildman–Crippen MR) is 372 cm³/mol. The molecule has 5 atom stereocenters. The lowest BCUT2D eigenvalue weighted by atomic mass is 10.0. The molecule has 0 saturated carbocycles. The van der Waals surface area contributed by atoms with Crippen molar-refractivity contribution in [3.8, 4) is 0 Å². The third-order valence-corrected chi connectivity index (χ3v) is 18.9. The summed E-state index contributed by atoms with van der Waals surface area (Å²) in [6, 6.07) is 0. The normalized spacial score (nSPS) is 14.1. The second-order valence-electron chi connectivity index (χ2n) is 27.3. The standard InChI is InChI=1S/C73H142O17P2/c1-7-9-11-13-15-16-17-18-19-20-21-24-27-30-33-37-44-50-56-71(76)84-62-68(89-72(77)57-51-45-38-34-31-28-25-22-23-26-29-32-36-41-47-53-65(3)4)63-87-91(79,80)85-59-67(74)60-86-92(81,82)88-64-69(61-83-70(75)55-49-43-35-14-12-10-8-2)90-73(78)58-52-46-40-39-42-48-54-66(5)6/h65-69,74H,7-64H2,1-6H3,(H,79,80)(H,81,82)/t67-,68-,69-/m1/s1. The van der Waals surface area contributed by atoms with Crippen LogP contribution in [0.1, 0.15) is 375 Å². The molecule has 92 heavy (non-hydrogen) atoms. The minimum absolute atomic E-state index is 0.102. The van der Waals surface area contributed by atoms with Crippen molar-refractivity contribution in [1.29, 1.82) is 0 Å². The summed E-state index contributed by atoms with van der Waals surface area (Å²) in [5.41, 5.74) is 0. The van der Waals surface area contributed by atoms with Crippen molar-refractivity contribution in [1.82, 2.24) is 0 Å². The van der Waals surface area contributed by atoms with Gasteiger partial charge in [0.05, 0.1) is 26.4 Å². The molecule has 0 spiro atoms. The fourth-order valence-corrected chi connectivity index (χ4v) is 12.7. The molecule has 0 aliphatic rings. The van der Waals surface area contributed by atoms with E-state index in [1.165, 1.54) is 180 Å². The maximum absolute atomic E-state index is 13.1. The molecule has 0 aliphatic carbocycles. The fraction of sp³-hybridized carbons (Fsp3) is 0.945. The summed E-state index contributed by atoms with van der Waals surface area (Å²) in [4.78, 5) is 72.5. The molecule has 19 heteroatoms. The second-order valence-corrected chi connectivity index (χ2v) is 30.2. The number of aliphatic hydroxyl groups excluding tert-OH is 1. The van der Waals surface area contributed by atoms with Crippen molar-refractivity contribution in [2.24, 2.45) is 11.8 Å². The highest BCUT2D eigenvalue weighted by molar-refractivity contribution is 7.47. The van der Waals surface area contributed by atoms with E-state index in [4.69, 9.17) is 37.0 Å². The van der Waals surface area contributed by atoms with Crippen LogP contribution in [0.5, 0.6) is 0 Å². The minimum Gasteiger partial charge on any atom is -0.462 e. The highest BCUT2D eigenvalue weighted by atomic mass is 31.2. The SMILES string of the molecule is CCCCCCCCCCCCCCCCCCCCC(=O)OC[C@H](COP(=O)(O)OC[C@@H](O)COP(=O)(O)OC[C@@H](COC(=O)CCCCCCCCC)OC(=O)CCCCCCCCC(C)C)OC(=O)CCCCCCCCCCCCCCCCCC(C)C. The lowest BCUT2D eigenvalue weighted by Gasteiger charge is -2.21. The number of hydrogen-bond donors (Lipinski definition) is 3. The van der Waals surface area contributed by atoms with Crippen LogP contribution in [0.2, 0.25) is 0 Å². The smallest absolute Gasteiger partial charge is 0.462 e. The van der Waals surface area contributed by atoms with Gasteiger partial charge in [0.2, 0.25) is 0 Å². The Hall–Kier alpha value is -1.94. The summed E-state index contributed by atoms with van der Waals surface area (Å²) in [7, 11) is -9.90. The van der Waals surface area contributed by atoms with Gasteiger partial charge in [0, 0.05) is 25.7 Å². The van der Waals surface area contributed by atoms with Gasteiger partial charge in [-0.1, -0.05) is 324 Å². The first-order chi connectivity index (χ1) is 44.4. The number of unbranched alkanes of at least 4 members (excludes halogenated alkanes) is 42. The van der Waals surface area contributed by atoms with Gasteiger partial charge < -0.3 is 33.8 Å². The Bertz CT molecular complexity index is 1790. The van der Waals surface area contributed by atoms with Crippen molar-refractivity contribution in [2.45, 2.75) is 394 Å². The average molecular weight is 1350 g/mol. The lowest BCUT2D eigenvalue weighted by molar-refractivity contribution is -0.161. The first-order valence-electron chi connectivity index (χ1n) is 38.0. The van der Waals surface area contributed by atoms with Gasteiger partial charge in [0.25, 0.3) is 0 Å². The number of rotatable bonds is 72. The van der Waals surface area contributed by atoms with E-state index in [0.29, 0.717) is 31.6 Å². The molecular weight excluding hydrogens is 1210 g/mol. The van der Waals surface area contributed by atoms with Gasteiger partial charge >= 0.3 is 39.5 Å². The van der Waals surface area contributed by atoms with Gasteiger partial charge in [-0.2, -0.15) is 0 Å². The van der Waals surface area contributed by atoms with Crippen molar-refractivity contribution in [3.05, 3.63) is 0 Å². The summed E-state index contributed by atoms with van der Waals surface area (Å²) in [5.74, 6) is -0.657. The quantitative estimate of drug-likeness (QED) is 0.0222. The van der Waals surface area contributed by atoms with Crippen LogP contribution in [0.3, 0.4) is 0 Å². The van der Waals surface area contributed by atoms with Crippen LogP contribution in [0.25, 0.3) is 0 Å². The number of hydrogen-bond acceptors (Lipinski definition) is 15. The summed E-state index contributed by atoms with van der Waals surface area (Å²) in [6.07, 6.45) is 51.8. The van der Waals surface area contributed by atoms with E-state index < -0.39 is 97.5 Å². The molecule has 0 rings (SSSR count). The van der Waals surface area contributed by atoms with Gasteiger partial charge in [-0.15, -0.1) is 0 Å². The zero-order chi connectivity index (χ0) is 67.9. The van der Waals surface area contributed by atoms with Crippen LogP contribution >= 0.6 is 15.6 Å². The average Bonchev–Trinajstić information content (AvgIpc) is 3.62. The Labute approximate surface area is 562 Å². The van der Waals surface area contributed by atoms with Crippen LogP contribution in [-0.4, -0.2) is 96.7 Å². The fourth-order valence-electron chi connectivity index (χ4n) is 11.1. The molecule has 546 valence electrons. The number of esters is 4. The van der Waals surface area contributed by atoms with Crippen molar-refractivity contribution in [3.63, 3.8) is 0 Å². The lowest BCUT2D eigenvalue weighted by Crippen LogP contribution is -2.30. The molecule has 0 fully saturated rings. The third-order valence-electron chi connectivity index (χ3n) is 17.0. The van der Waals surface area contributed by atoms with E-state index >= 15 is 0 Å². The van der Waals surface area contributed by atoms with Crippen molar-refractivity contribution in [2.75, 3.05) is 39.6 Å². The summed E-state index contributed by atoms with van der Waals surface area (Å²) in [5, 5.41) is 10.6. The first kappa shape index (κ1) is 90.1. The maximum Gasteiger partial charge on any atom is 0.472 e. The number of phosphoric acid groups is 2. The van der Waals surface area contributed by atoms with E-state index in [2.05, 4.69) is 41.5 Å². The largest absolute Gasteiger partial charge is 0.472 e. The molecule has 0 radical (unpaired) electrons. The van der Waals surface area contributed by atoms with Crippen LogP contribution in [0.4, 0.5) is 0 Å². The van der Waals surface area contributed by atoms with E-state index in [1.807, 2.05) is 0 Å². The zero-order valence-corrected chi connectivity index (χ0v) is 61.6. The molecule has 3 N–H and O–H groups in total. The Balaban J connectivity index is 5.16. The van der Waals surface area contributed by atoms with Gasteiger partial charge in [0.15, 0.2) is 12.2 Å². The Morgan fingerprint density at radius 1 is 0.293 bits per heavy atom. The molecule has 17 nitrogen and oxygen atoms in total. The molecule has 0 amide bonds. The molecule has 0 bridgehead atoms. The number of ether oxygens (including phenoxy) is 4. The molecule has 0 aromatic rings. The topological polar surface area (TPSA) is 237 Å². The molecule has 0 heterocycles. The molecular formula is C73H142O17P2. The monoisotopic (exact) mass is 1350 g/mol. The van der Waals surface area contributed by atoms with E-state index in [-0.39, 0.29) is 25.7 Å². The molecule has 0 saturated heterocycles. The summed E-state index contributed by atoms with van der Waals surface area (Å²) < 4.78 is 68.2. The van der Waals surface area contributed by atoms with Crippen LogP contribution in [0, 0.1) is 11.8 Å². The van der Waals surface area contributed by atoms with Crippen LogP contribution in [-0.2, 0) is 65.4 Å². The number of carbonyl (C=O) groups is 4. The van der Waals surface area contributed by atoms with Gasteiger partial charge in [0.1, 0.15) is 19.3 Å². The Morgan fingerprint density at radius 3 is 0.739 bits per heavy atom. The van der Waals surface area contributed by atoms with Gasteiger partial charge in [-0.3, -0.25) is 37.3 Å². The third kappa shape index (κ3) is 66.7. The van der Waals surface area contributed by atoms with Crippen LogP contribution in [0.15, 0.2) is 0 Å². The molecule has 0 aromatic carbocycles. The molecule has 0 aromatic heterocycles. The minimum atomic E-state index is -4.95. The van der Waals surface area contributed by atoms with Crippen LogP contribution < -0.4 is 0 Å². The summed E-state index contributed by atoms with van der Waals surface area (Å²) in [6.45, 7) is 9.46. The maximum atomic E-state index is 13.1. The highest BCUT2D eigenvalue weighted by Crippen LogP contribution is 2.45. The van der Waals surface area contributed by atoms with E-state index in [1.54, 1.807) is 0 Å². The Morgan fingerprint density at radius 2 is 0.500 bits per heavy atom. The van der Waals surface area contributed by atoms with Gasteiger partial charge in [-0.05, 0) is 37.5 Å². The van der Waals surface area contributed by atoms with E-state index in [0.717, 1.165) is 109 Å². The molecule has 0 aliphatic heterocycles. The second kappa shape index (κ2) is 65.0. The molecule has 2 unspecified atom stereocenters. The number of aliphatic hydroxyl groups is 1. The number of carbonyl (C=O) groups excluding carboxylic acids is 4. The first-order valence-corrected chi connectivity index (χ1v) is 41.0. The number of phosphoric ester groups is 2. The zero-order valence-electron chi connectivity index (χ0n) is 59.9. The van der Waals surface area contributed by atoms with Crippen molar-refractivity contribution >= 4 is 39.5 Å². The predicted octanol–water partition coefficient (Wildman–Crippen LogP) is 21.2. The summed E-state index contributed by atoms with van der Waals surface area (Å²) >= 11 is 0. The van der Waals surface area contributed by atoms with Crippen molar-refractivity contribution < 1.29 is 80.2 Å². The highest BCUT2D eigenvalue weighted by Gasteiger charge is 2.30. The van der Waals surface area contributed by atoms with Gasteiger partial charge in [-0.25, -0.2) is 9.13 Å². The Kier molecular flexibility index (Phi) is 63.7.